The first-order valence-electron chi connectivity index (χ1n) is 13.7. The summed E-state index contributed by atoms with van der Waals surface area (Å²) in [6.07, 6.45) is 6.65. The van der Waals surface area contributed by atoms with Crippen LogP contribution in [-0.4, -0.2) is 58.9 Å². The number of ether oxygens (including phenoxy) is 1. The van der Waals surface area contributed by atoms with Gasteiger partial charge in [0.15, 0.2) is 0 Å². The minimum atomic E-state index is -0.818. The molecule has 9 nitrogen and oxygen atoms in total. The molecule has 10 heteroatoms. The molecule has 3 amide bonds. The van der Waals surface area contributed by atoms with Crippen molar-refractivity contribution in [3.05, 3.63) is 28.9 Å². The number of amides is 3. The number of nitrogens with zero attached hydrogens (tertiary/aromatic N) is 2. The van der Waals surface area contributed by atoms with Gasteiger partial charge in [0.1, 0.15) is 23.5 Å². The zero-order valence-corrected chi connectivity index (χ0v) is 23.5. The molecule has 2 aromatic rings. The number of benzene rings is 1. The van der Waals surface area contributed by atoms with Crippen LogP contribution in [0.3, 0.4) is 0 Å². The van der Waals surface area contributed by atoms with Crippen molar-refractivity contribution >= 4 is 40.2 Å². The zero-order valence-electron chi connectivity index (χ0n) is 22.7. The fourth-order valence-electron chi connectivity index (χ4n) is 6.81. The number of rotatable bonds is 6. The molecule has 39 heavy (non-hydrogen) atoms. The van der Waals surface area contributed by atoms with Gasteiger partial charge in [-0.05, 0) is 63.5 Å². The number of hydrogen-bond donors (Lipinski definition) is 3. The lowest BCUT2D eigenvalue weighted by molar-refractivity contribution is -0.126. The summed E-state index contributed by atoms with van der Waals surface area (Å²) in [6.45, 7) is 4.39. The third-order valence-corrected chi connectivity index (χ3v) is 8.99. The Kier molecular flexibility index (Phi) is 7.27. The lowest BCUT2D eigenvalue weighted by Gasteiger charge is -2.32. The summed E-state index contributed by atoms with van der Waals surface area (Å²) >= 11 is 6.43. The molecule has 1 aromatic heterocycles. The molecule has 0 bridgehead atoms. The Morgan fingerprint density at radius 2 is 1.97 bits per heavy atom. The van der Waals surface area contributed by atoms with Crippen molar-refractivity contribution in [3.8, 4) is 11.8 Å². The average Bonchev–Trinajstić information content (AvgIpc) is 3.56. The number of fused-ring (bicyclic) bond motifs is 1. The van der Waals surface area contributed by atoms with Crippen LogP contribution in [0.5, 0.6) is 5.75 Å². The maximum atomic E-state index is 13.9. The maximum absolute atomic E-state index is 13.9. The van der Waals surface area contributed by atoms with E-state index in [1.807, 2.05) is 19.9 Å². The average molecular weight is 554 g/mol. The lowest BCUT2D eigenvalue weighted by Crippen LogP contribution is -2.49. The monoisotopic (exact) mass is 553 g/mol. The van der Waals surface area contributed by atoms with Gasteiger partial charge in [-0.15, -0.1) is 0 Å². The predicted octanol–water partition coefficient (Wildman–Crippen LogP) is 4.31. The van der Waals surface area contributed by atoms with E-state index in [1.165, 1.54) is 0 Å². The van der Waals surface area contributed by atoms with E-state index in [9.17, 15) is 19.6 Å². The topological polar surface area (TPSA) is 127 Å². The van der Waals surface area contributed by atoms with Crippen LogP contribution < -0.4 is 15.4 Å². The van der Waals surface area contributed by atoms with Gasteiger partial charge in [-0.1, -0.05) is 30.9 Å². The number of carbonyl (C=O) groups excluding carboxylic acids is 3. The molecule has 3 aliphatic rings. The number of H-pyrrole nitrogens is 1. The van der Waals surface area contributed by atoms with Gasteiger partial charge in [0, 0.05) is 29.5 Å². The summed E-state index contributed by atoms with van der Waals surface area (Å²) in [5.41, 5.74) is 0.545. The summed E-state index contributed by atoms with van der Waals surface area (Å²) in [4.78, 5) is 44.8. The molecular formula is C29H36ClN5O4. The van der Waals surface area contributed by atoms with Gasteiger partial charge in [-0.25, -0.2) is 0 Å². The summed E-state index contributed by atoms with van der Waals surface area (Å²) in [6, 6.07) is 5.89. The minimum Gasteiger partial charge on any atom is -0.497 e. The second-order valence-corrected chi connectivity index (χ2v) is 12.6. The largest absolute Gasteiger partial charge is 0.497 e. The first-order valence-corrected chi connectivity index (χ1v) is 14.1. The Hall–Kier alpha value is -3.25. The number of halogens is 1. The molecule has 0 radical (unpaired) electrons. The highest BCUT2D eigenvalue weighted by Gasteiger charge is 2.49. The lowest BCUT2D eigenvalue weighted by atomic mass is 9.72. The molecule has 2 saturated heterocycles. The van der Waals surface area contributed by atoms with E-state index < -0.39 is 12.1 Å². The molecule has 3 fully saturated rings. The molecule has 2 aliphatic heterocycles. The van der Waals surface area contributed by atoms with Gasteiger partial charge >= 0.3 is 0 Å². The van der Waals surface area contributed by atoms with Gasteiger partial charge in [-0.2, -0.15) is 5.26 Å². The Morgan fingerprint density at radius 3 is 2.62 bits per heavy atom. The van der Waals surface area contributed by atoms with E-state index in [0.717, 1.165) is 37.5 Å². The quantitative estimate of drug-likeness (QED) is 0.491. The van der Waals surface area contributed by atoms with E-state index in [4.69, 9.17) is 16.3 Å². The van der Waals surface area contributed by atoms with E-state index in [-0.39, 0.29) is 41.0 Å². The number of carbonyl (C=O) groups is 3. The van der Waals surface area contributed by atoms with Crippen molar-refractivity contribution < 1.29 is 19.1 Å². The van der Waals surface area contributed by atoms with Gasteiger partial charge in [-0.3, -0.25) is 14.4 Å². The van der Waals surface area contributed by atoms with Crippen molar-refractivity contribution in [2.75, 3.05) is 13.7 Å². The predicted molar refractivity (Wildman–Crippen MR) is 147 cm³/mol. The fourth-order valence-corrected chi connectivity index (χ4v) is 7.08. The molecule has 208 valence electrons. The third-order valence-electron chi connectivity index (χ3n) is 8.69. The Bertz CT molecular complexity index is 1340. The number of methoxy groups -OCH3 is 1. The number of nitrogens with one attached hydrogen (secondary N) is 3. The van der Waals surface area contributed by atoms with Gasteiger partial charge in [0.25, 0.3) is 5.91 Å². The first kappa shape index (κ1) is 27.3. The van der Waals surface area contributed by atoms with E-state index >= 15 is 0 Å². The molecule has 3 heterocycles. The number of nitriles is 1. The second-order valence-electron chi connectivity index (χ2n) is 12.2. The van der Waals surface area contributed by atoms with Crippen LogP contribution in [0.1, 0.15) is 75.7 Å². The summed E-state index contributed by atoms with van der Waals surface area (Å²) in [5.74, 6) is -0.460. The van der Waals surface area contributed by atoms with Crippen LogP contribution in [0.15, 0.2) is 18.2 Å². The van der Waals surface area contributed by atoms with Crippen LogP contribution in [0.25, 0.3) is 10.9 Å². The molecule has 1 unspecified atom stereocenters. The molecule has 5 rings (SSSR count). The Morgan fingerprint density at radius 1 is 1.23 bits per heavy atom. The highest BCUT2D eigenvalue weighted by atomic mass is 35.5. The minimum absolute atomic E-state index is 0.0950. The molecule has 3 N–H and O–H groups in total. The van der Waals surface area contributed by atoms with Crippen molar-refractivity contribution in [3.63, 3.8) is 0 Å². The van der Waals surface area contributed by atoms with Crippen LogP contribution in [0, 0.1) is 22.7 Å². The van der Waals surface area contributed by atoms with Crippen molar-refractivity contribution in [2.45, 2.75) is 82.8 Å². The zero-order chi connectivity index (χ0) is 27.9. The normalized spacial score (nSPS) is 24.4. The van der Waals surface area contributed by atoms with Crippen LogP contribution in [0.2, 0.25) is 5.02 Å². The molecular weight excluding hydrogens is 518 g/mol. The number of aromatic nitrogens is 1. The maximum Gasteiger partial charge on any atom is 0.271 e. The van der Waals surface area contributed by atoms with Crippen molar-refractivity contribution in [2.24, 2.45) is 11.3 Å². The number of aromatic amines is 1. The number of likely N-dealkylation sites (tertiary alicyclic amines) is 1. The van der Waals surface area contributed by atoms with Crippen LogP contribution in [0.4, 0.5) is 0 Å². The molecule has 1 saturated carbocycles. The number of hydrogen-bond acceptors (Lipinski definition) is 5. The Labute approximate surface area is 233 Å². The Balaban J connectivity index is 1.38. The smallest absolute Gasteiger partial charge is 0.271 e. The molecule has 3 atom stereocenters. The first-order chi connectivity index (χ1) is 18.5. The van der Waals surface area contributed by atoms with Gasteiger partial charge in [0.2, 0.25) is 11.8 Å². The summed E-state index contributed by atoms with van der Waals surface area (Å²) < 4.78 is 5.31. The summed E-state index contributed by atoms with van der Waals surface area (Å²) in [5, 5.41) is 16.8. The standard InChI is InChI=1S/C29H36ClN5O4/c1-28(2)13-18(25(36)34-28)9-19(15-31)32-26(37)23-14-29(7-5-4-6-8-29)16-35(23)27(38)22-11-17-10-20(39-3)12-21(30)24(17)33-22/h10-12,18-19,23,33H,4-9,13-14,16H2,1-3H3,(H,32,37)(H,34,36)/t18-,19+,23?/m1/s1. The highest BCUT2D eigenvalue weighted by Crippen LogP contribution is 2.47. The van der Waals surface area contributed by atoms with Crippen molar-refractivity contribution in [1.82, 2.24) is 20.5 Å². The molecule has 1 aromatic carbocycles. The van der Waals surface area contributed by atoms with Crippen LogP contribution >= 0.6 is 11.6 Å². The second kappa shape index (κ2) is 10.4. The molecule has 1 aliphatic carbocycles. The van der Waals surface area contributed by atoms with Crippen LogP contribution in [-0.2, 0) is 9.59 Å². The SMILES string of the molecule is COc1cc(Cl)c2[nH]c(C(=O)N3CC4(CCCCC4)CC3C(=O)N[C@H](C#N)C[C@@H]3CC(C)(C)NC3=O)cc2c1. The summed E-state index contributed by atoms with van der Waals surface area (Å²) in [7, 11) is 1.56. The van der Waals surface area contributed by atoms with E-state index in [2.05, 4.69) is 21.7 Å². The molecule has 1 spiro atoms. The van der Waals surface area contributed by atoms with Crippen molar-refractivity contribution in [1.29, 1.82) is 5.26 Å². The van der Waals surface area contributed by atoms with Gasteiger partial charge in [0.05, 0.1) is 23.7 Å². The van der Waals surface area contributed by atoms with Gasteiger partial charge < -0.3 is 25.3 Å². The fraction of sp³-hybridized carbons (Fsp3) is 0.586. The van der Waals surface area contributed by atoms with E-state index in [0.29, 0.717) is 41.4 Å². The highest BCUT2D eigenvalue weighted by molar-refractivity contribution is 6.35. The van der Waals surface area contributed by atoms with E-state index in [1.54, 1.807) is 24.1 Å². The third kappa shape index (κ3) is 5.44.